The molecule has 0 atom stereocenters. The molecule has 2 fully saturated rings. The molecule has 0 saturated heterocycles. The lowest BCUT2D eigenvalue weighted by atomic mass is 10.1. The first-order valence-corrected chi connectivity index (χ1v) is 9.65. The molecular formula is C18H25N5O2S. The number of carbonyl (C=O) groups excluding carboxylic acids is 1. The van der Waals surface area contributed by atoms with E-state index in [4.69, 9.17) is 27.5 Å². The van der Waals surface area contributed by atoms with Crippen molar-refractivity contribution in [3.8, 4) is 11.6 Å². The Kier molecular flexibility index (Phi) is 4.71. The molecule has 2 N–H and O–H groups in total. The number of carbonyl (C=O) groups is 1. The minimum Gasteiger partial charge on any atom is -0.461 e. The minimum absolute atomic E-state index is 0.219. The lowest BCUT2D eigenvalue weighted by Gasteiger charge is -2.27. The average Bonchev–Trinajstić information content (AvgIpc) is 3.52. The number of nitrogens with two attached hydrogens (primary N) is 1. The van der Waals surface area contributed by atoms with Crippen molar-refractivity contribution in [2.45, 2.75) is 51.4 Å². The van der Waals surface area contributed by atoms with Gasteiger partial charge in [0.15, 0.2) is 16.4 Å². The molecule has 0 unspecified atom stereocenters. The van der Waals surface area contributed by atoms with Gasteiger partial charge in [-0.2, -0.15) is 0 Å². The second-order valence-corrected chi connectivity index (χ2v) is 7.88. The third-order valence-electron chi connectivity index (χ3n) is 5.32. The van der Waals surface area contributed by atoms with Crippen molar-refractivity contribution in [2.75, 3.05) is 7.05 Å². The van der Waals surface area contributed by atoms with Gasteiger partial charge in [-0.05, 0) is 68.9 Å². The molecular weight excluding hydrogens is 350 g/mol. The van der Waals surface area contributed by atoms with Gasteiger partial charge in [0.2, 0.25) is 5.91 Å². The van der Waals surface area contributed by atoms with Crippen LogP contribution in [0.25, 0.3) is 11.6 Å². The molecule has 0 spiro atoms. The largest absolute Gasteiger partial charge is 0.461 e. The number of hydrogen-bond acceptors (Lipinski definition) is 5. The van der Waals surface area contributed by atoms with Crippen LogP contribution in [-0.4, -0.2) is 38.2 Å². The van der Waals surface area contributed by atoms with Gasteiger partial charge in [-0.1, -0.05) is 0 Å². The van der Waals surface area contributed by atoms with Gasteiger partial charge in [0.1, 0.15) is 0 Å². The quantitative estimate of drug-likeness (QED) is 0.681. The summed E-state index contributed by atoms with van der Waals surface area (Å²) in [4.78, 5) is 13.6. The Morgan fingerprint density at radius 2 is 2.12 bits per heavy atom. The fourth-order valence-electron chi connectivity index (χ4n) is 3.83. The molecule has 0 aliphatic heterocycles. The van der Waals surface area contributed by atoms with Gasteiger partial charge in [-0.15, -0.1) is 5.10 Å². The fourth-order valence-corrected chi connectivity index (χ4v) is 4.11. The Bertz CT molecular complexity index is 820. The molecule has 0 radical (unpaired) electrons. The summed E-state index contributed by atoms with van der Waals surface area (Å²) in [6.07, 6.45) is 7.17. The molecule has 4 rings (SSSR count). The van der Waals surface area contributed by atoms with Gasteiger partial charge < -0.3 is 10.2 Å². The first-order valence-electron chi connectivity index (χ1n) is 9.24. The zero-order valence-corrected chi connectivity index (χ0v) is 15.8. The van der Waals surface area contributed by atoms with Crippen LogP contribution in [0.1, 0.15) is 32.1 Å². The highest BCUT2D eigenvalue weighted by atomic mass is 32.1. The van der Waals surface area contributed by atoms with Crippen molar-refractivity contribution < 1.29 is 9.21 Å². The van der Waals surface area contributed by atoms with Crippen molar-refractivity contribution in [3.05, 3.63) is 23.2 Å². The molecule has 2 heterocycles. The predicted molar refractivity (Wildman–Crippen MR) is 99.6 cm³/mol. The standard InChI is InChI=1S/C18H25N5O2S/c1-21(16(12-4-5-12)13-6-7-13)11-23-18(26)22(9-8-15(19)24)17(20-23)14-3-2-10-25-14/h2-3,10,12-13,16H,4-9,11H2,1H3,(H2,19,24). The monoisotopic (exact) mass is 375 g/mol. The van der Waals surface area contributed by atoms with E-state index in [1.54, 1.807) is 6.26 Å². The van der Waals surface area contributed by atoms with Crippen LogP contribution in [0.3, 0.4) is 0 Å². The fraction of sp³-hybridized carbons (Fsp3) is 0.611. The van der Waals surface area contributed by atoms with E-state index < -0.39 is 0 Å². The lowest BCUT2D eigenvalue weighted by Crippen LogP contribution is -2.37. The summed E-state index contributed by atoms with van der Waals surface area (Å²) in [6, 6.07) is 4.29. The van der Waals surface area contributed by atoms with E-state index in [-0.39, 0.29) is 12.3 Å². The maximum absolute atomic E-state index is 11.2. The normalized spacial score (nSPS) is 17.3. The molecule has 1 amide bonds. The summed E-state index contributed by atoms with van der Waals surface area (Å²) in [6.45, 7) is 1.05. The topological polar surface area (TPSA) is 82.2 Å². The molecule has 2 saturated carbocycles. The van der Waals surface area contributed by atoms with Crippen LogP contribution >= 0.6 is 12.2 Å². The van der Waals surface area contributed by atoms with E-state index in [0.717, 1.165) is 11.8 Å². The molecule has 140 valence electrons. The van der Waals surface area contributed by atoms with Crippen LogP contribution in [0.4, 0.5) is 0 Å². The molecule has 2 aromatic rings. The van der Waals surface area contributed by atoms with Crippen LogP contribution in [0, 0.1) is 16.6 Å². The van der Waals surface area contributed by atoms with Gasteiger partial charge in [0.25, 0.3) is 0 Å². The van der Waals surface area contributed by atoms with Crippen molar-refractivity contribution in [2.24, 2.45) is 17.6 Å². The smallest absolute Gasteiger partial charge is 0.219 e. The molecule has 2 aromatic heterocycles. The summed E-state index contributed by atoms with van der Waals surface area (Å²) in [5, 5.41) is 4.70. The third-order valence-corrected chi connectivity index (χ3v) is 5.75. The van der Waals surface area contributed by atoms with Crippen molar-refractivity contribution in [3.63, 3.8) is 0 Å². The lowest BCUT2D eigenvalue weighted by molar-refractivity contribution is -0.118. The highest BCUT2D eigenvalue weighted by molar-refractivity contribution is 7.71. The number of primary amides is 1. The van der Waals surface area contributed by atoms with Crippen LogP contribution < -0.4 is 5.73 Å². The Hall–Kier alpha value is -1.93. The Morgan fingerprint density at radius 3 is 2.65 bits per heavy atom. The highest BCUT2D eigenvalue weighted by Crippen LogP contribution is 2.46. The molecule has 2 aliphatic rings. The number of furan rings is 1. The first-order chi connectivity index (χ1) is 12.5. The Balaban J connectivity index is 1.60. The number of aromatic nitrogens is 3. The van der Waals surface area contributed by atoms with Gasteiger partial charge in [-0.3, -0.25) is 14.3 Å². The van der Waals surface area contributed by atoms with Gasteiger partial charge in [-0.25, -0.2) is 4.68 Å². The average molecular weight is 375 g/mol. The zero-order chi connectivity index (χ0) is 18.3. The summed E-state index contributed by atoms with van der Waals surface area (Å²) >= 11 is 5.65. The first kappa shape index (κ1) is 17.5. The summed E-state index contributed by atoms with van der Waals surface area (Å²) in [5.74, 6) is 2.57. The van der Waals surface area contributed by atoms with Gasteiger partial charge >= 0.3 is 0 Å². The number of rotatable bonds is 9. The maximum atomic E-state index is 11.2. The maximum Gasteiger partial charge on any atom is 0.219 e. The number of amides is 1. The summed E-state index contributed by atoms with van der Waals surface area (Å²) in [7, 11) is 2.16. The molecule has 8 heteroatoms. The second-order valence-electron chi connectivity index (χ2n) is 7.51. The highest BCUT2D eigenvalue weighted by Gasteiger charge is 2.43. The van der Waals surface area contributed by atoms with Crippen LogP contribution in [0.2, 0.25) is 0 Å². The zero-order valence-electron chi connectivity index (χ0n) is 15.0. The van der Waals surface area contributed by atoms with Crippen molar-refractivity contribution in [1.29, 1.82) is 0 Å². The molecule has 26 heavy (non-hydrogen) atoms. The van der Waals surface area contributed by atoms with E-state index >= 15 is 0 Å². The van der Waals surface area contributed by atoms with E-state index in [1.807, 2.05) is 21.4 Å². The van der Waals surface area contributed by atoms with Crippen LogP contribution in [-0.2, 0) is 18.0 Å². The number of nitrogens with zero attached hydrogens (tertiary/aromatic N) is 4. The van der Waals surface area contributed by atoms with Gasteiger partial charge in [0.05, 0.1) is 12.9 Å². The van der Waals surface area contributed by atoms with E-state index in [9.17, 15) is 4.79 Å². The van der Waals surface area contributed by atoms with Crippen LogP contribution in [0.15, 0.2) is 22.8 Å². The number of hydrogen-bond donors (Lipinski definition) is 1. The van der Waals surface area contributed by atoms with Gasteiger partial charge in [0, 0.05) is 19.0 Å². The van der Waals surface area contributed by atoms with E-state index in [0.29, 0.717) is 35.6 Å². The Morgan fingerprint density at radius 1 is 1.42 bits per heavy atom. The second kappa shape index (κ2) is 7.00. The Labute approximate surface area is 157 Å². The third kappa shape index (κ3) is 3.61. The SMILES string of the molecule is CN(Cn1nc(-c2ccco2)n(CCC(N)=O)c1=S)C(C1CC1)C1CC1. The van der Waals surface area contributed by atoms with Crippen molar-refractivity contribution in [1.82, 2.24) is 19.2 Å². The predicted octanol–water partition coefficient (Wildman–Crippen LogP) is 2.63. The van der Waals surface area contributed by atoms with Crippen molar-refractivity contribution >= 4 is 18.1 Å². The molecule has 0 bridgehead atoms. The summed E-state index contributed by atoms with van der Waals surface area (Å²) in [5.41, 5.74) is 5.32. The molecule has 2 aliphatic carbocycles. The van der Waals surface area contributed by atoms with Crippen LogP contribution in [0.5, 0.6) is 0 Å². The molecule has 0 aromatic carbocycles. The summed E-state index contributed by atoms with van der Waals surface area (Å²) < 4.78 is 9.79. The van der Waals surface area contributed by atoms with E-state index in [1.165, 1.54) is 25.7 Å². The minimum atomic E-state index is -0.357. The molecule has 7 nitrogen and oxygen atoms in total. The van der Waals surface area contributed by atoms with E-state index in [2.05, 4.69) is 11.9 Å².